The Hall–Kier alpha value is -3.57. The van der Waals surface area contributed by atoms with E-state index in [1.165, 1.54) is 0 Å². The minimum absolute atomic E-state index is 0.300. The molecule has 0 N–H and O–H groups in total. The van der Waals surface area contributed by atoms with E-state index < -0.39 is 5.97 Å². The molecule has 0 spiro atoms. The lowest BCUT2D eigenvalue weighted by atomic mass is 10.1. The van der Waals surface area contributed by atoms with E-state index in [0.717, 1.165) is 16.9 Å². The predicted octanol–water partition coefficient (Wildman–Crippen LogP) is 6.79. The first kappa shape index (κ1) is 21.7. The summed E-state index contributed by atoms with van der Waals surface area (Å²) in [6, 6.07) is 32.2. The van der Waals surface area contributed by atoms with Crippen molar-refractivity contribution in [3.05, 3.63) is 113 Å². The van der Waals surface area contributed by atoms with E-state index >= 15 is 0 Å². The first-order valence-electron chi connectivity index (χ1n) is 10.2. The Morgan fingerprint density at radius 3 is 2.06 bits per heavy atom. The lowest BCUT2D eigenvalue weighted by Gasteiger charge is -2.13. The topological polar surface area (TPSA) is 44.8 Å². The lowest BCUT2D eigenvalue weighted by molar-refractivity contribution is 0.0728. The fourth-order valence-electron chi connectivity index (χ4n) is 3.14. The Kier molecular flexibility index (Phi) is 7.20. The number of esters is 1. The molecule has 0 amide bonds. The van der Waals surface area contributed by atoms with Gasteiger partial charge in [0.05, 0.1) is 4.47 Å². The smallest absolute Gasteiger partial charge is 0.347 e. The highest BCUT2D eigenvalue weighted by Gasteiger charge is 2.16. The third-order valence-corrected chi connectivity index (χ3v) is 5.32. The third kappa shape index (κ3) is 5.56. The van der Waals surface area contributed by atoms with Crippen molar-refractivity contribution in [1.82, 2.24) is 0 Å². The van der Waals surface area contributed by atoms with Gasteiger partial charge in [0.25, 0.3) is 0 Å². The van der Waals surface area contributed by atoms with E-state index in [0.29, 0.717) is 34.7 Å². The van der Waals surface area contributed by atoms with Crippen LogP contribution < -0.4 is 14.2 Å². The van der Waals surface area contributed by atoms with Crippen LogP contribution in [0.15, 0.2) is 108 Å². The Morgan fingerprint density at radius 2 is 1.31 bits per heavy atom. The monoisotopic (exact) mass is 488 g/mol. The number of hydrogen-bond donors (Lipinski definition) is 0. The van der Waals surface area contributed by atoms with E-state index in [1.807, 2.05) is 78.9 Å². The van der Waals surface area contributed by atoms with Gasteiger partial charge in [-0.15, -0.1) is 0 Å². The molecule has 5 heteroatoms. The van der Waals surface area contributed by atoms with Crippen molar-refractivity contribution in [2.75, 3.05) is 13.2 Å². The van der Waals surface area contributed by atoms with Gasteiger partial charge in [-0.3, -0.25) is 0 Å². The molecule has 0 aliphatic heterocycles. The highest BCUT2D eigenvalue weighted by atomic mass is 79.9. The lowest BCUT2D eigenvalue weighted by Crippen LogP contribution is -2.14. The summed E-state index contributed by atoms with van der Waals surface area (Å²) < 4.78 is 17.8. The van der Waals surface area contributed by atoms with Gasteiger partial charge in [-0.25, -0.2) is 4.79 Å². The maximum absolute atomic E-state index is 12.8. The molecule has 0 heterocycles. The van der Waals surface area contributed by atoms with Crippen molar-refractivity contribution in [3.63, 3.8) is 0 Å². The molecular weight excluding hydrogens is 468 g/mol. The molecule has 4 aromatic carbocycles. The van der Waals surface area contributed by atoms with Crippen LogP contribution in [0.1, 0.15) is 10.4 Å². The molecule has 4 rings (SSSR count). The number of carbonyl (C=O) groups excluding carboxylic acids is 1. The molecule has 0 atom stereocenters. The fraction of sp³-hybridized carbons (Fsp3) is 0.0741. The van der Waals surface area contributed by atoms with Crippen LogP contribution in [0.4, 0.5) is 0 Å². The van der Waals surface area contributed by atoms with Gasteiger partial charge in [-0.05, 0) is 63.5 Å². The highest BCUT2D eigenvalue weighted by Crippen LogP contribution is 2.32. The number of benzene rings is 4. The summed E-state index contributed by atoms with van der Waals surface area (Å²) in [4.78, 5) is 12.8. The van der Waals surface area contributed by atoms with Crippen molar-refractivity contribution in [2.45, 2.75) is 0 Å². The minimum atomic E-state index is -0.488. The molecule has 0 radical (unpaired) electrons. The number of para-hydroxylation sites is 2. The quantitative estimate of drug-likeness (QED) is 0.155. The van der Waals surface area contributed by atoms with Crippen LogP contribution in [-0.4, -0.2) is 19.2 Å². The summed E-state index contributed by atoms with van der Waals surface area (Å²) >= 11 is 3.51. The van der Waals surface area contributed by atoms with Gasteiger partial charge in [0.15, 0.2) is 0 Å². The van der Waals surface area contributed by atoms with Crippen molar-refractivity contribution in [1.29, 1.82) is 0 Å². The van der Waals surface area contributed by atoms with Crippen LogP contribution in [0.3, 0.4) is 0 Å². The minimum Gasteiger partial charge on any atom is -0.490 e. The molecule has 0 unspecified atom stereocenters. The predicted molar refractivity (Wildman–Crippen MR) is 128 cm³/mol. The second-order valence-corrected chi connectivity index (χ2v) is 7.76. The second-order valence-electron chi connectivity index (χ2n) is 6.91. The van der Waals surface area contributed by atoms with E-state index in [-0.39, 0.29) is 0 Å². The fourth-order valence-corrected chi connectivity index (χ4v) is 3.60. The van der Waals surface area contributed by atoms with Gasteiger partial charge >= 0.3 is 5.97 Å². The van der Waals surface area contributed by atoms with Gasteiger partial charge < -0.3 is 14.2 Å². The van der Waals surface area contributed by atoms with Gasteiger partial charge in [0, 0.05) is 0 Å². The van der Waals surface area contributed by atoms with Crippen LogP contribution in [0.2, 0.25) is 0 Å². The number of hydrogen-bond acceptors (Lipinski definition) is 4. The molecule has 0 aromatic heterocycles. The number of halogens is 1. The summed E-state index contributed by atoms with van der Waals surface area (Å²) in [7, 11) is 0. The van der Waals surface area contributed by atoms with Crippen molar-refractivity contribution >= 4 is 21.9 Å². The summed E-state index contributed by atoms with van der Waals surface area (Å²) in [5.74, 6) is 1.17. The molecular formula is C27H21BrO4. The molecule has 4 aromatic rings. The second kappa shape index (κ2) is 10.6. The Morgan fingerprint density at radius 1 is 0.656 bits per heavy atom. The van der Waals surface area contributed by atoms with Crippen LogP contribution in [0, 0.1) is 0 Å². The number of ether oxygens (including phenoxy) is 3. The SMILES string of the molecule is O=C(Oc1ccc(-c2ccccc2)cc1Br)c1ccccc1OCCOc1ccccc1. The first-order valence-corrected chi connectivity index (χ1v) is 11.0. The maximum atomic E-state index is 12.8. The molecule has 0 bridgehead atoms. The van der Waals surface area contributed by atoms with Crippen LogP contribution in [-0.2, 0) is 0 Å². The summed E-state index contributed by atoms with van der Waals surface area (Å²) in [5.41, 5.74) is 2.47. The number of rotatable bonds is 8. The van der Waals surface area contributed by atoms with Crippen molar-refractivity contribution < 1.29 is 19.0 Å². The van der Waals surface area contributed by atoms with Crippen molar-refractivity contribution in [3.8, 4) is 28.4 Å². The van der Waals surface area contributed by atoms with Gasteiger partial charge in [-0.2, -0.15) is 0 Å². The van der Waals surface area contributed by atoms with E-state index in [1.54, 1.807) is 24.3 Å². The van der Waals surface area contributed by atoms with Gasteiger partial charge in [0.1, 0.15) is 36.0 Å². The molecule has 160 valence electrons. The average Bonchev–Trinajstić information content (AvgIpc) is 2.84. The molecule has 32 heavy (non-hydrogen) atoms. The van der Waals surface area contributed by atoms with Crippen molar-refractivity contribution in [2.24, 2.45) is 0 Å². The standard InChI is InChI=1S/C27H21BrO4/c28-24-19-21(20-9-3-1-4-10-20)15-16-26(24)32-27(29)23-13-7-8-14-25(23)31-18-17-30-22-11-5-2-6-12-22/h1-16,19H,17-18H2. The van der Waals surface area contributed by atoms with E-state index in [9.17, 15) is 4.79 Å². The van der Waals surface area contributed by atoms with Gasteiger partial charge in [-0.1, -0.05) is 66.7 Å². The highest BCUT2D eigenvalue weighted by molar-refractivity contribution is 9.10. The number of carbonyl (C=O) groups is 1. The maximum Gasteiger partial charge on any atom is 0.347 e. The molecule has 0 aliphatic rings. The summed E-state index contributed by atoms with van der Waals surface area (Å²) in [5, 5.41) is 0. The van der Waals surface area contributed by atoms with Crippen LogP contribution in [0.25, 0.3) is 11.1 Å². The average molecular weight is 489 g/mol. The summed E-state index contributed by atoms with van der Waals surface area (Å²) in [6.45, 7) is 0.661. The zero-order chi connectivity index (χ0) is 22.2. The normalized spacial score (nSPS) is 10.4. The largest absolute Gasteiger partial charge is 0.490 e. The van der Waals surface area contributed by atoms with Gasteiger partial charge in [0.2, 0.25) is 0 Å². The van der Waals surface area contributed by atoms with Crippen LogP contribution >= 0.6 is 15.9 Å². The van der Waals surface area contributed by atoms with Crippen LogP contribution in [0.5, 0.6) is 17.2 Å². The Labute approximate surface area is 195 Å². The van der Waals surface area contributed by atoms with E-state index in [4.69, 9.17) is 14.2 Å². The Balaban J connectivity index is 1.40. The zero-order valence-corrected chi connectivity index (χ0v) is 18.8. The van der Waals surface area contributed by atoms with E-state index in [2.05, 4.69) is 15.9 Å². The molecule has 4 nitrogen and oxygen atoms in total. The third-order valence-electron chi connectivity index (χ3n) is 4.70. The molecule has 0 saturated carbocycles. The Bertz CT molecular complexity index is 1180. The summed E-state index contributed by atoms with van der Waals surface area (Å²) in [6.07, 6.45) is 0. The molecule has 0 fully saturated rings. The molecule has 0 aliphatic carbocycles. The first-order chi connectivity index (χ1) is 15.7. The molecule has 0 saturated heterocycles. The zero-order valence-electron chi connectivity index (χ0n) is 17.2.